The third kappa shape index (κ3) is 4.84. The Labute approximate surface area is 130 Å². The van der Waals surface area contributed by atoms with Gasteiger partial charge >= 0.3 is 131 Å². The minimum atomic E-state index is -2.03. The molecule has 2 aliphatic rings. The Bertz CT molecular complexity index is 520. The van der Waals surface area contributed by atoms with Gasteiger partial charge in [0.15, 0.2) is 0 Å². The Morgan fingerprint density at radius 3 is 1.58 bits per heavy atom. The summed E-state index contributed by atoms with van der Waals surface area (Å²) >= 11 is -5.52. The molecule has 0 aromatic carbocycles. The molecule has 96 valence electrons. The minimum absolute atomic E-state index is 0.191. The van der Waals surface area contributed by atoms with Gasteiger partial charge in [-0.1, -0.05) is 0 Å². The first-order valence-electron chi connectivity index (χ1n) is 5.47. The Morgan fingerprint density at radius 1 is 0.737 bits per heavy atom. The molecule has 0 fully saturated rings. The molecule has 0 aliphatic carbocycles. The van der Waals surface area contributed by atoms with Gasteiger partial charge in [0.05, 0.1) is 0 Å². The first-order chi connectivity index (χ1) is 9.27. The summed E-state index contributed by atoms with van der Waals surface area (Å²) in [6, 6.07) is 0. The zero-order chi connectivity index (χ0) is 13.5. The van der Waals surface area contributed by atoms with Crippen molar-refractivity contribution in [2.75, 3.05) is 0 Å². The summed E-state index contributed by atoms with van der Waals surface area (Å²) in [5.41, 5.74) is 0. The molecular weight excluding hydrogens is 481 g/mol. The first-order valence-corrected chi connectivity index (χ1v) is 14.3. The summed E-state index contributed by atoms with van der Waals surface area (Å²) in [6.45, 7) is 0. The number of rotatable bonds is 4. The number of carbonyl (C=O) groups excluding carboxylic acids is 2. The van der Waals surface area contributed by atoms with E-state index in [2.05, 4.69) is 0 Å². The molecule has 4 nitrogen and oxygen atoms in total. The van der Waals surface area contributed by atoms with Crippen LogP contribution in [0.5, 0.6) is 0 Å². The van der Waals surface area contributed by atoms with Gasteiger partial charge in [-0.15, -0.1) is 0 Å². The van der Waals surface area contributed by atoms with Crippen molar-refractivity contribution in [3.05, 3.63) is 46.3 Å². The molecule has 0 amide bonds. The fraction of sp³-hybridized carbons (Fsp3) is 0. The van der Waals surface area contributed by atoms with Crippen LogP contribution in [0.15, 0.2) is 46.3 Å². The second-order valence-electron chi connectivity index (χ2n) is 3.54. The van der Waals surface area contributed by atoms with E-state index in [1.165, 1.54) is 0 Å². The molecule has 0 radical (unpaired) electrons. The topological polar surface area (TPSA) is 52.6 Å². The van der Waals surface area contributed by atoms with Crippen molar-refractivity contribution in [2.24, 2.45) is 0 Å². The average molecular weight is 491 g/mol. The molecule has 0 aromatic rings. The van der Waals surface area contributed by atoms with Crippen LogP contribution < -0.4 is 0 Å². The van der Waals surface area contributed by atoms with Crippen molar-refractivity contribution in [3.63, 3.8) is 0 Å². The van der Waals surface area contributed by atoms with Crippen LogP contribution in [0, 0.1) is 0 Å². The van der Waals surface area contributed by atoms with Gasteiger partial charge < -0.3 is 0 Å². The number of allylic oxidation sites excluding steroid dienone is 6. The van der Waals surface area contributed by atoms with Crippen molar-refractivity contribution < 1.29 is 15.8 Å². The summed E-state index contributed by atoms with van der Waals surface area (Å²) in [4.78, 5) is 30.7. The van der Waals surface area contributed by atoms with Gasteiger partial charge in [-0.2, -0.15) is 0 Å². The van der Waals surface area contributed by atoms with E-state index >= 15 is 0 Å². The van der Waals surface area contributed by atoms with Crippen LogP contribution >= 0.6 is 0 Å². The van der Waals surface area contributed by atoms with Crippen molar-refractivity contribution in [3.8, 4) is 0 Å². The fourth-order valence-corrected chi connectivity index (χ4v) is 10.3. The van der Waals surface area contributed by atoms with E-state index in [1.54, 1.807) is 0 Å². The Morgan fingerprint density at radius 2 is 1.21 bits per heavy atom. The maximum absolute atomic E-state index is 11.7. The first kappa shape index (κ1) is 14.9. The van der Waals surface area contributed by atoms with Gasteiger partial charge in [0.25, 0.3) is 0 Å². The van der Waals surface area contributed by atoms with Crippen LogP contribution in [0.2, 0.25) is 0 Å². The SMILES string of the molecule is O=[C](O[Te]O[C](=O)[Ge]1=[CH]C=CC=[CH]1)[Ge]1=[CH]C=CC=[CH]1. The molecule has 2 rings (SSSR count). The van der Waals surface area contributed by atoms with E-state index in [9.17, 15) is 9.59 Å². The predicted octanol–water partition coefficient (Wildman–Crippen LogP) is 1.05. The molecule has 0 spiro atoms. The molecule has 0 saturated carbocycles. The molecular formula is C12H10Ge2O4Te. The van der Waals surface area contributed by atoms with Crippen molar-refractivity contribution >= 4 is 68.9 Å². The summed E-state index contributed by atoms with van der Waals surface area (Å²) < 4.78 is 10.2. The zero-order valence-corrected chi connectivity index (χ0v) is 16.3. The Hall–Kier alpha value is -0.485. The second kappa shape index (κ2) is 7.95. The number of carbonyl (C=O) groups is 2. The number of hydrogen-bond acceptors (Lipinski definition) is 4. The van der Waals surface area contributed by atoms with E-state index in [1.807, 2.05) is 56.0 Å². The van der Waals surface area contributed by atoms with Crippen molar-refractivity contribution in [1.82, 2.24) is 0 Å². The zero-order valence-electron chi connectivity index (χ0n) is 9.81. The van der Waals surface area contributed by atoms with E-state index in [0.717, 1.165) is 0 Å². The average Bonchev–Trinajstić information content (AvgIpc) is 2.49. The molecule has 7 heteroatoms. The molecule has 2 heterocycles. The molecule has 2 aliphatic heterocycles. The molecule has 0 atom stereocenters. The molecule has 0 bridgehead atoms. The standard InChI is InChI=1S/C12H10Ge2O4Te/c15-11(13-7-3-1-4-8-13)17-19-18-12(16)14-9-5-2-6-10-14/h1-10H. The van der Waals surface area contributed by atoms with Crippen LogP contribution in [-0.4, -0.2) is 68.9 Å². The summed E-state index contributed by atoms with van der Waals surface area (Å²) in [6.07, 6.45) is 11.2. The summed E-state index contributed by atoms with van der Waals surface area (Å²) in [5, 5.41) is 0. The monoisotopic (exact) mass is 496 g/mol. The van der Waals surface area contributed by atoms with E-state index in [4.69, 9.17) is 6.20 Å². The van der Waals surface area contributed by atoms with E-state index in [-0.39, 0.29) is 9.60 Å². The third-order valence-corrected chi connectivity index (χ3v) is 12.4. The Kier molecular flexibility index (Phi) is 6.24. The molecule has 0 aromatic heterocycles. The van der Waals surface area contributed by atoms with Gasteiger partial charge in [0.2, 0.25) is 0 Å². The number of hydrogen-bond donors (Lipinski definition) is 0. The molecule has 0 saturated heterocycles. The van der Waals surface area contributed by atoms with Gasteiger partial charge in [-0.25, -0.2) is 0 Å². The fourth-order valence-electron chi connectivity index (χ4n) is 1.32. The Balaban J connectivity index is 1.78. The van der Waals surface area contributed by atoms with Gasteiger partial charge in [-0.3, -0.25) is 0 Å². The summed E-state index contributed by atoms with van der Waals surface area (Å²) in [5.74, 6) is 0. The van der Waals surface area contributed by atoms with Crippen LogP contribution in [0.25, 0.3) is 0 Å². The van der Waals surface area contributed by atoms with Crippen molar-refractivity contribution in [1.29, 1.82) is 0 Å². The van der Waals surface area contributed by atoms with Crippen LogP contribution in [0.1, 0.15) is 0 Å². The van der Waals surface area contributed by atoms with E-state index in [0.29, 0.717) is 0 Å². The maximum atomic E-state index is 11.7. The molecule has 0 N–H and O–H groups in total. The van der Waals surface area contributed by atoms with Gasteiger partial charge in [-0.05, 0) is 0 Å². The quantitative estimate of drug-likeness (QED) is 0.553. The van der Waals surface area contributed by atoms with Crippen LogP contribution in [-0.2, 0) is 6.20 Å². The van der Waals surface area contributed by atoms with E-state index < -0.39 is 49.6 Å². The van der Waals surface area contributed by atoms with Crippen LogP contribution in [0.4, 0.5) is 9.59 Å². The predicted molar refractivity (Wildman–Crippen MR) is 78.9 cm³/mol. The van der Waals surface area contributed by atoms with Crippen LogP contribution in [0.3, 0.4) is 0 Å². The normalized spacial score (nSPS) is 15.8. The third-order valence-electron chi connectivity index (χ3n) is 2.24. The van der Waals surface area contributed by atoms with Gasteiger partial charge in [0, 0.05) is 0 Å². The second-order valence-corrected chi connectivity index (χ2v) is 13.2. The molecule has 0 unspecified atom stereocenters. The molecule has 19 heavy (non-hydrogen) atoms. The van der Waals surface area contributed by atoms with Crippen molar-refractivity contribution in [2.45, 2.75) is 0 Å². The van der Waals surface area contributed by atoms with Gasteiger partial charge in [0.1, 0.15) is 0 Å². The summed E-state index contributed by atoms with van der Waals surface area (Å²) in [7, 11) is 0.